The molecule has 1 saturated carbocycles. The van der Waals surface area contributed by atoms with E-state index in [0.717, 1.165) is 18.5 Å². The average molecular weight is 412 g/mol. The third-order valence-electron chi connectivity index (χ3n) is 4.52. The van der Waals surface area contributed by atoms with Gasteiger partial charge < -0.3 is 10.1 Å². The molecule has 0 spiro atoms. The van der Waals surface area contributed by atoms with Gasteiger partial charge in [-0.2, -0.15) is 5.10 Å². The molecule has 0 saturated heterocycles. The van der Waals surface area contributed by atoms with E-state index in [1.807, 2.05) is 30.3 Å². The summed E-state index contributed by atoms with van der Waals surface area (Å²) >= 11 is 0. The van der Waals surface area contributed by atoms with Crippen LogP contribution in [0.15, 0.2) is 65.8 Å². The first-order valence-electron chi connectivity index (χ1n) is 9.08. The highest BCUT2D eigenvalue weighted by Gasteiger charge is 2.26. The molecule has 1 amide bonds. The molecule has 8 nitrogen and oxygen atoms in total. The Balaban J connectivity index is 1.62. The van der Waals surface area contributed by atoms with E-state index in [0.29, 0.717) is 5.75 Å². The van der Waals surface area contributed by atoms with Crippen LogP contribution in [0.4, 0.5) is 5.69 Å². The molecule has 0 atom stereocenters. The number of carbonyl (C=O) groups is 1. The van der Waals surface area contributed by atoms with Gasteiger partial charge in [-0.05, 0) is 43.2 Å². The number of hydrogen-bond acceptors (Lipinski definition) is 5. The molecule has 2 N–H and O–H groups in total. The van der Waals surface area contributed by atoms with Crippen LogP contribution in [0, 0.1) is 0 Å². The lowest BCUT2D eigenvalue weighted by Crippen LogP contribution is -2.27. The molecule has 0 unspecified atom stereocenters. The van der Waals surface area contributed by atoms with Crippen molar-refractivity contribution in [2.75, 3.05) is 11.8 Å². The minimum atomic E-state index is -3.94. The van der Waals surface area contributed by atoms with Gasteiger partial charge in [-0.1, -0.05) is 18.2 Å². The lowest BCUT2D eigenvalue weighted by Gasteiger charge is -2.13. The maximum Gasteiger partial charge on any atom is 0.265 e. The SMILES string of the molecule is COc1ccc(NS(=O)(=O)c2cnn(-c3ccccc3)c2)c(C(=O)NC2CC2)c1. The molecule has 9 heteroatoms. The third kappa shape index (κ3) is 4.24. The summed E-state index contributed by atoms with van der Waals surface area (Å²) in [4.78, 5) is 12.6. The Hall–Kier alpha value is -3.33. The Labute approximate surface area is 168 Å². The van der Waals surface area contributed by atoms with Crippen molar-refractivity contribution in [3.8, 4) is 11.4 Å². The minimum Gasteiger partial charge on any atom is -0.497 e. The van der Waals surface area contributed by atoms with Crippen LogP contribution in [0.1, 0.15) is 23.2 Å². The van der Waals surface area contributed by atoms with E-state index >= 15 is 0 Å². The van der Waals surface area contributed by atoms with Crippen LogP contribution in [0.5, 0.6) is 5.75 Å². The quantitative estimate of drug-likeness (QED) is 0.621. The maximum absolute atomic E-state index is 12.9. The molecule has 3 aromatic rings. The number of hydrogen-bond donors (Lipinski definition) is 2. The first-order chi connectivity index (χ1) is 14.0. The summed E-state index contributed by atoms with van der Waals surface area (Å²) in [6.07, 6.45) is 4.54. The highest BCUT2D eigenvalue weighted by atomic mass is 32.2. The Kier molecular flexibility index (Phi) is 4.98. The number of aromatic nitrogens is 2. The van der Waals surface area contributed by atoms with Crippen molar-refractivity contribution in [1.29, 1.82) is 0 Å². The van der Waals surface area contributed by atoms with Crippen molar-refractivity contribution in [2.45, 2.75) is 23.8 Å². The fourth-order valence-corrected chi connectivity index (χ4v) is 3.80. The molecule has 1 aliphatic rings. The number of amides is 1. The first-order valence-corrected chi connectivity index (χ1v) is 10.6. The normalized spacial score (nSPS) is 13.7. The molecule has 1 fully saturated rings. The molecule has 0 bridgehead atoms. The average Bonchev–Trinajstić information content (AvgIpc) is 3.39. The number of ether oxygens (including phenoxy) is 1. The Bertz CT molecular complexity index is 1140. The van der Waals surface area contributed by atoms with Gasteiger partial charge in [0.25, 0.3) is 15.9 Å². The molecule has 2 aromatic carbocycles. The van der Waals surface area contributed by atoms with Crippen molar-refractivity contribution in [2.24, 2.45) is 0 Å². The maximum atomic E-state index is 12.9. The van der Waals surface area contributed by atoms with Crippen LogP contribution in [0.2, 0.25) is 0 Å². The molecule has 1 heterocycles. The fourth-order valence-electron chi connectivity index (χ4n) is 2.79. The van der Waals surface area contributed by atoms with Gasteiger partial charge >= 0.3 is 0 Å². The minimum absolute atomic E-state index is 0.00859. The van der Waals surface area contributed by atoms with E-state index in [4.69, 9.17) is 4.74 Å². The monoisotopic (exact) mass is 412 g/mol. The zero-order chi connectivity index (χ0) is 20.4. The van der Waals surface area contributed by atoms with E-state index in [1.54, 1.807) is 6.07 Å². The molecule has 0 radical (unpaired) electrons. The van der Waals surface area contributed by atoms with Crippen LogP contribution in [-0.4, -0.2) is 37.3 Å². The van der Waals surface area contributed by atoms with Crippen LogP contribution in [0.25, 0.3) is 5.69 Å². The Morgan fingerprint density at radius 3 is 2.62 bits per heavy atom. The number of sulfonamides is 1. The lowest BCUT2D eigenvalue weighted by molar-refractivity contribution is 0.0951. The van der Waals surface area contributed by atoms with Gasteiger partial charge in [0.1, 0.15) is 10.6 Å². The number of methoxy groups -OCH3 is 1. The van der Waals surface area contributed by atoms with Gasteiger partial charge in [0, 0.05) is 6.04 Å². The molecule has 1 aromatic heterocycles. The summed E-state index contributed by atoms with van der Waals surface area (Å²) in [6, 6.07) is 14.0. The number of rotatable bonds is 7. The van der Waals surface area contributed by atoms with E-state index < -0.39 is 10.0 Å². The van der Waals surface area contributed by atoms with Gasteiger partial charge in [-0.3, -0.25) is 9.52 Å². The molecule has 0 aliphatic heterocycles. The van der Waals surface area contributed by atoms with E-state index in [1.165, 1.54) is 36.3 Å². The van der Waals surface area contributed by atoms with Crippen molar-refractivity contribution < 1.29 is 17.9 Å². The lowest BCUT2D eigenvalue weighted by atomic mass is 10.1. The standard InChI is InChI=1S/C20H20N4O4S/c1-28-16-9-10-19(18(11-16)20(25)22-14-7-8-14)23-29(26,27)17-12-21-24(13-17)15-5-3-2-4-6-15/h2-6,9-14,23H,7-8H2,1H3,(H,22,25). The number of benzene rings is 2. The summed E-state index contributed by atoms with van der Waals surface area (Å²) in [7, 11) is -2.46. The fraction of sp³-hybridized carbons (Fsp3) is 0.200. The van der Waals surface area contributed by atoms with Crippen LogP contribution in [-0.2, 0) is 10.0 Å². The summed E-state index contributed by atoms with van der Waals surface area (Å²) < 4.78 is 34.9. The summed E-state index contributed by atoms with van der Waals surface area (Å²) in [5.74, 6) is 0.120. The molecular formula is C20H20N4O4S. The van der Waals surface area contributed by atoms with Crippen molar-refractivity contribution in [1.82, 2.24) is 15.1 Å². The van der Waals surface area contributed by atoms with E-state index in [9.17, 15) is 13.2 Å². The molecular weight excluding hydrogens is 392 g/mol. The first kappa shape index (κ1) is 19.0. The van der Waals surface area contributed by atoms with Gasteiger partial charge in [0.2, 0.25) is 0 Å². The van der Waals surface area contributed by atoms with Crippen molar-refractivity contribution in [3.63, 3.8) is 0 Å². The summed E-state index contributed by atoms with van der Waals surface area (Å²) in [5.41, 5.74) is 1.12. The van der Waals surface area contributed by atoms with Gasteiger partial charge in [-0.25, -0.2) is 13.1 Å². The number of carbonyl (C=O) groups excluding carboxylic acids is 1. The van der Waals surface area contributed by atoms with Gasteiger partial charge in [-0.15, -0.1) is 0 Å². The highest BCUT2D eigenvalue weighted by Crippen LogP contribution is 2.27. The second kappa shape index (κ2) is 7.59. The van der Waals surface area contributed by atoms with Gasteiger partial charge in [0.15, 0.2) is 0 Å². The number of nitrogens with zero attached hydrogens (tertiary/aromatic N) is 2. The second-order valence-corrected chi connectivity index (χ2v) is 8.40. The number of anilines is 1. The molecule has 29 heavy (non-hydrogen) atoms. The van der Waals surface area contributed by atoms with Crippen LogP contribution < -0.4 is 14.8 Å². The number of para-hydroxylation sites is 1. The smallest absolute Gasteiger partial charge is 0.265 e. The molecule has 150 valence electrons. The molecule has 4 rings (SSSR count). The van der Waals surface area contributed by atoms with Crippen molar-refractivity contribution >= 4 is 21.6 Å². The summed E-state index contributed by atoms with van der Waals surface area (Å²) in [6.45, 7) is 0. The Morgan fingerprint density at radius 2 is 1.93 bits per heavy atom. The zero-order valence-corrected chi connectivity index (χ0v) is 16.5. The van der Waals surface area contributed by atoms with Gasteiger partial charge in [0.05, 0.1) is 36.4 Å². The second-order valence-electron chi connectivity index (χ2n) is 6.72. The molecule has 1 aliphatic carbocycles. The van der Waals surface area contributed by atoms with E-state index in [2.05, 4.69) is 15.1 Å². The predicted octanol–water partition coefficient (Wildman–Crippen LogP) is 2.57. The largest absolute Gasteiger partial charge is 0.497 e. The zero-order valence-electron chi connectivity index (χ0n) is 15.7. The Morgan fingerprint density at radius 1 is 1.17 bits per heavy atom. The third-order valence-corrected chi connectivity index (χ3v) is 5.84. The van der Waals surface area contributed by atoms with Crippen LogP contribution in [0.3, 0.4) is 0 Å². The highest BCUT2D eigenvalue weighted by molar-refractivity contribution is 7.92. The number of nitrogens with one attached hydrogen (secondary N) is 2. The van der Waals surface area contributed by atoms with Crippen LogP contribution >= 0.6 is 0 Å². The predicted molar refractivity (Wildman–Crippen MR) is 108 cm³/mol. The summed E-state index contributed by atoms with van der Waals surface area (Å²) in [5, 5.41) is 6.99. The van der Waals surface area contributed by atoms with Crippen molar-refractivity contribution in [3.05, 3.63) is 66.5 Å². The van der Waals surface area contributed by atoms with E-state index in [-0.39, 0.29) is 28.1 Å². The topological polar surface area (TPSA) is 102 Å².